The van der Waals surface area contributed by atoms with Gasteiger partial charge in [-0.05, 0) is 66.6 Å². The number of para-hydroxylation sites is 1. The van der Waals surface area contributed by atoms with Crippen molar-refractivity contribution in [2.75, 3.05) is 10.2 Å². The maximum Gasteiger partial charge on any atom is 0.258 e. The van der Waals surface area contributed by atoms with Gasteiger partial charge in [0.1, 0.15) is 5.82 Å². The second-order valence-corrected chi connectivity index (χ2v) is 8.66. The number of rotatable bonds is 3. The summed E-state index contributed by atoms with van der Waals surface area (Å²) in [5, 5.41) is 2.93. The Bertz CT molecular complexity index is 1430. The van der Waals surface area contributed by atoms with Gasteiger partial charge >= 0.3 is 0 Å². The minimum Gasteiger partial charge on any atom is -0.345 e. The van der Waals surface area contributed by atoms with Crippen molar-refractivity contribution in [2.45, 2.75) is 20.0 Å². The van der Waals surface area contributed by atoms with Gasteiger partial charge < -0.3 is 14.8 Å². The highest BCUT2D eigenvalue weighted by Crippen LogP contribution is 2.31. The predicted octanol–water partition coefficient (Wildman–Crippen LogP) is 6.05. The fourth-order valence-corrected chi connectivity index (χ4v) is 4.43. The molecule has 4 aromatic rings. The highest BCUT2D eigenvalue weighted by atomic mass is 35.5. The summed E-state index contributed by atoms with van der Waals surface area (Å²) in [6.07, 6.45) is 2.01. The summed E-state index contributed by atoms with van der Waals surface area (Å²) < 4.78 is 15.7. The smallest absolute Gasteiger partial charge is 0.258 e. The molecule has 0 bridgehead atoms. The van der Waals surface area contributed by atoms with Crippen molar-refractivity contribution in [3.8, 4) is 0 Å². The summed E-state index contributed by atoms with van der Waals surface area (Å²) in [4.78, 5) is 28.0. The van der Waals surface area contributed by atoms with Crippen molar-refractivity contribution in [3.05, 3.63) is 118 Å². The molecular formula is C27H21ClFN3O2. The number of amides is 2. The zero-order valence-electron chi connectivity index (χ0n) is 18.4. The van der Waals surface area contributed by atoms with Gasteiger partial charge in [0.05, 0.1) is 17.3 Å². The SMILES string of the molecule is Cc1ccc(F)cc1C(=O)Nc1ccc(C(=O)N2Cc3cccn3Cc3ccccc32)cc1Cl. The number of hydrogen-bond donors (Lipinski definition) is 1. The molecule has 3 aromatic carbocycles. The maximum atomic E-state index is 13.6. The molecule has 1 N–H and O–H groups in total. The molecule has 34 heavy (non-hydrogen) atoms. The van der Waals surface area contributed by atoms with E-state index in [1.54, 1.807) is 36.1 Å². The lowest BCUT2D eigenvalue weighted by Gasteiger charge is -2.23. The van der Waals surface area contributed by atoms with Crippen LogP contribution in [0.4, 0.5) is 15.8 Å². The highest BCUT2D eigenvalue weighted by Gasteiger charge is 2.25. The number of benzene rings is 3. The number of fused-ring (bicyclic) bond motifs is 2. The first-order valence-corrected chi connectivity index (χ1v) is 11.2. The second-order valence-electron chi connectivity index (χ2n) is 8.26. The van der Waals surface area contributed by atoms with E-state index < -0.39 is 11.7 Å². The Balaban J connectivity index is 1.43. The molecule has 2 amide bonds. The standard InChI is InChI=1S/C27H21ClFN3O2/c1-17-8-10-20(29)14-22(17)26(33)30-24-11-9-18(13-23(24)28)27(34)32-16-21-6-4-12-31(21)15-19-5-2-3-7-25(19)32/h2-14H,15-16H2,1H3,(H,30,33). The summed E-state index contributed by atoms with van der Waals surface area (Å²) >= 11 is 6.45. The highest BCUT2D eigenvalue weighted by molar-refractivity contribution is 6.34. The van der Waals surface area contributed by atoms with E-state index in [0.29, 0.717) is 29.9 Å². The zero-order chi connectivity index (χ0) is 23.8. The third-order valence-corrected chi connectivity index (χ3v) is 6.33. The van der Waals surface area contributed by atoms with E-state index in [9.17, 15) is 14.0 Å². The van der Waals surface area contributed by atoms with E-state index in [0.717, 1.165) is 16.9 Å². The first-order valence-electron chi connectivity index (χ1n) is 10.8. The van der Waals surface area contributed by atoms with E-state index in [-0.39, 0.29) is 16.5 Å². The molecule has 1 aliphatic heterocycles. The molecule has 0 radical (unpaired) electrons. The number of anilines is 2. The van der Waals surface area contributed by atoms with Crippen LogP contribution in [0.2, 0.25) is 5.02 Å². The quantitative estimate of drug-likeness (QED) is 0.394. The molecular weight excluding hydrogens is 453 g/mol. The largest absolute Gasteiger partial charge is 0.345 e. The summed E-state index contributed by atoms with van der Waals surface area (Å²) in [7, 11) is 0. The molecule has 170 valence electrons. The van der Waals surface area contributed by atoms with Gasteiger partial charge in [-0.15, -0.1) is 0 Å². The number of nitrogens with one attached hydrogen (secondary N) is 1. The Morgan fingerprint density at radius 2 is 1.79 bits per heavy atom. The van der Waals surface area contributed by atoms with E-state index >= 15 is 0 Å². The van der Waals surface area contributed by atoms with Crippen LogP contribution in [-0.2, 0) is 13.1 Å². The Morgan fingerprint density at radius 1 is 0.971 bits per heavy atom. The summed E-state index contributed by atoms with van der Waals surface area (Å²) in [6.45, 7) is 2.85. The molecule has 0 saturated carbocycles. The van der Waals surface area contributed by atoms with Gasteiger partial charge in [-0.1, -0.05) is 35.9 Å². The van der Waals surface area contributed by atoms with Crippen molar-refractivity contribution in [1.82, 2.24) is 4.57 Å². The van der Waals surface area contributed by atoms with Crippen molar-refractivity contribution in [2.24, 2.45) is 0 Å². The van der Waals surface area contributed by atoms with E-state index in [4.69, 9.17) is 11.6 Å². The molecule has 0 unspecified atom stereocenters. The molecule has 0 fully saturated rings. The average molecular weight is 474 g/mol. The van der Waals surface area contributed by atoms with Crippen LogP contribution >= 0.6 is 11.6 Å². The van der Waals surface area contributed by atoms with Gasteiger partial charge in [-0.25, -0.2) is 4.39 Å². The van der Waals surface area contributed by atoms with Crippen LogP contribution in [0.3, 0.4) is 0 Å². The lowest BCUT2D eigenvalue weighted by Crippen LogP contribution is -2.30. The van der Waals surface area contributed by atoms with Crippen molar-refractivity contribution in [3.63, 3.8) is 0 Å². The second kappa shape index (κ2) is 8.80. The molecule has 0 saturated heterocycles. The van der Waals surface area contributed by atoms with E-state index in [2.05, 4.69) is 9.88 Å². The van der Waals surface area contributed by atoms with Crippen LogP contribution in [0.5, 0.6) is 0 Å². The first kappa shape index (κ1) is 21.9. The molecule has 7 heteroatoms. The monoisotopic (exact) mass is 473 g/mol. The topological polar surface area (TPSA) is 54.3 Å². The number of halogens is 2. The van der Waals surface area contributed by atoms with Crippen molar-refractivity contribution in [1.29, 1.82) is 0 Å². The Kier molecular flexibility index (Phi) is 5.67. The fraction of sp³-hybridized carbons (Fsp3) is 0.111. The minimum atomic E-state index is -0.494. The van der Waals surface area contributed by atoms with Crippen molar-refractivity contribution >= 4 is 34.8 Å². The number of hydrogen-bond acceptors (Lipinski definition) is 2. The number of carbonyl (C=O) groups is 2. The van der Waals surface area contributed by atoms with Crippen LogP contribution in [0.25, 0.3) is 0 Å². The number of aryl methyl sites for hydroxylation is 1. The van der Waals surface area contributed by atoms with Gasteiger partial charge in [-0.2, -0.15) is 0 Å². The Morgan fingerprint density at radius 3 is 2.62 bits per heavy atom. The van der Waals surface area contributed by atoms with Crippen molar-refractivity contribution < 1.29 is 14.0 Å². The van der Waals surface area contributed by atoms with Crippen LogP contribution in [-0.4, -0.2) is 16.4 Å². The number of aromatic nitrogens is 1. The minimum absolute atomic E-state index is 0.192. The zero-order valence-corrected chi connectivity index (χ0v) is 19.1. The molecule has 2 heterocycles. The predicted molar refractivity (Wildman–Crippen MR) is 131 cm³/mol. The summed E-state index contributed by atoms with van der Waals surface area (Å²) in [5.41, 5.74) is 4.55. The Hall–Kier alpha value is -3.90. The van der Waals surface area contributed by atoms with Gasteiger partial charge in [-0.3, -0.25) is 9.59 Å². The number of carbonyl (C=O) groups excluding carboxylic acids is 2. The van der Waals surface area contributed by atoms with Gasteiger partial charge in [0.2, 0.25) is 0 Å². The Labute approximate surface area is 201 Å². The lowest BCUT2D eigenvalue weighted by molar-refractivity contribution is 0.0983. The normalized spacial score (nSPS) is 12.5. The molecule has 0 aliphatic carbocycles. The maximum absolute atomic E-state index is 13.6. The fourth-order valence-electron chi connectivity index (χ4n) is 4.20. The summed E-state index contributed by atoms with van der Waals surface area (Å²) in [6, 6.07) is 20.6. The van der Waals surface area contributed by atoms with Gasteiger partial charge in [0, 0.05) is 35.2 Å². The third kappa shape index (κ3) is 4.08. The first-order chi connectivity index (χ1) is 16.4. The van der Waals surface area contributed by atoms with Crippen LogP contribution < -0.4 is 10.2 Å². The third-order valence-electron chi connectivity index (χ3n) is 6.02. The molecule has 5 nitrogen and oxygen atoms in total. The van der Waals surface area contributed by atoms with Gasteiger partial charge in [0.25, 0.3) is 11.8 Å². The van der Waals surface area contributed by atoms with Crippen LogP contribution in [0.1, 0.15) is 37.5 Å². The molecule has 1 aliphatic rings. The number of nitrogens with zero attached hydrogens (tertiary/aromatic N) is 2. The van der Waals surface area contributed by atoms with Crippen LogP contribution in [0, 0.1) is 12.7 Å². The van der Waals surface area contributed by atoms with E-state index in [1.807, 2.05) is 42.6 Å². The summed E-state index contributed by atoms with van der Waals surface area (Å²) in [5.74, 6) is -1.16. The molecule has 0 atom stereocenters. The lowest BCUT2D eigenvalue weighted by atomic mass is 10.1. The molecule has 0 spiro atoms. The molecule has 5 rings (SSSR count). The average Bonchev–Trinajstić information content (AvgIpc) is 3.20. The van der Waals surface area contributed by atoms with Crippen LogP contribution in [0.15, 0.2) is 79.0 Å². The molecule has 1 aromatic heterocycles. The van der Waals surface area contributed by atoms with E-state index in [1.165, 1.54) is 12.1 Å². The van der Waals surface area contributed by atoms with Gasteiger partial charge in [0.15, 0.2) is 0 Å².